The SMILES string of the molecule is CCC(C)CN1CCC(=O)CC1C. The Bertz CT molecular complexity index is 179. The number of ketones is 1. The number of likely N-dealkylation sites (tertiary alicyclic amines) is 1. The number of piperidine rings is 1. The average Bonchev–Trinajstić information content (AvgIpc) is 2.09. The number of hydrogen-bond acceptors (Lipinski definition) is 2. The molecule has 76 valence electrons. The van der Waals surface area contributed by atoms with Crippen LogP contribution >= 0.6 is 0 Å². The van der Waals surface area contributed by atoms with Gasteiger partial charge in [0.05, 0.1) is 0 Å². The van der Waals surface area contributed by atoms with Gasteiger partial charge in [0.25, 0.3) is 0 Å². The molecule has 1 fully saturated rings. The van der Waals surface area contributed by atoms with E-state index in [0.717, 1.165) is 31.8 Å². The highest BCUT2D eigenvalue weighted by atomic mass is 16.1. The lowest BCUT2D eigenvalue weighted by molar-refractivity contribution is -0.123. The van der Waals surface area contributed by atoms with Crippen molar-refractivity contribution in [3.8, 4) is 0 Å². The van der Waals surface area contributed by atoms with E-state index in [1.165, 1.54) is 6.42 Å². The zero-order chi connectivity index (χ0) is 9.84. The van der Waals surface area contributed by atoms with E-state index in [1.54, 1.807) is 0 Å². The minimum atomic E-state index is 0.438. The third-order valence-corrected chi connectivity index (χ3v) is 3.07. The fraction of sp³-hybridized carbons (Fsp3) is 0.909. The molecule has 2 unspecified atom stereocenters. The molecule has 0 amide bonds. The molecule has 0 aromatic carbocycles. The zero-order valence-corrected chi connectivity index (χ0v) is 9.05. The summed E-state index contributed by atoms with van der Waals surface area (Å²) in [7, 11) is 0. The summed E-state index contributed by atoms with van der Waals surface area (Å²) < 4.78 is 0. The van der Waals surface area contributed by atoms with E-state index < -0.39 is 0 Å². The Hall–Kier alpha value is -0.370. The third kappa shape index (κ3) is 3.11. The van der Waals surface area contributed by atoms with Gasteiger partial charge in [-0.05, 0) is 12.8 Å². The first-order valence-electron chi connectivity index (χ1n) is 5.39. The fourth-order valence-electron chi connectivity index (χ4n) is 1.85. The van der Waals surface area contributed by atoms with Crippen molar-refractivity contribution in [2.45, 2.75) is 46.1 Å². The van der Waals surface area contributed by atoms with Gasteiger partial charge >= 0.3 is 0 Å². The fourth-order valence-corrected chi connectivity index (χ4v) is 1.85. The maximum Gasteiger partial charge on any atom is 0.135 e. The number of rotatable bonds is 3. The molecule has 0 radical (unpaired) electrons. The molecule has 0 aromatic heterocycles. The van der Waals surface area contributed by atoms with E-state index >= 15 is 0 Å². The van der Waals surface area contributed by atoms with Crippen molar-refractivity contribution >= 4 is 5.78 Å². The largest absolute Gasteiger partial charge is 0.300 e. The minimum Gasteiger partial charge on any atom is -0.300 e. The molecule has 0 aromatic rings. The van der Waals surface area contributed by atoms with Gasteiger partial charge in [0.15, 0.2) is 0 Å². The van der Waals surface area contributed by atoms with E-state index in [4.69, 9.17) is 0 Å². The van der Waals surface area contributed by atoms with Gasteiger partial charge in [0.2, 0.25) is 0 Å². The number of hydrogen-bond donors (Lipinski definition) is 0. The van der Waals surface area contributed by atoms with Crippen molar-refractivity contribution in [2.24, 2.45) is 5.92 Å². The Morgan fingerprint density at radius 2 is 2.31 bits per heavy atom. The molecule has 1 aliphatic rings. The van der Waals surface area contributed by atoms with Crippen molar-refractivity contribution in [3.05, 3.63) is 0 Å². The number of carbonyl (C=O) groups is 1. The lowest BCUT2D eigenvalue weighted by atomic mass is 10.00. The quantitative estimate of drug-likeness (QED) is 0.667. The molecule has 0 bridgehead atoms. The van der Waals surface area contributed by atoms with Gasteiger partial charge in [-0.1, -0.05) is 20.3 Å². The molecule has 0 spiro atoms. The van der Waals surface area contributed by atoms with Crippen LogP contribution in [0.15, 0.2) is 0 Å². The van der Waals surface area contributed by atoms with E-state index in [1.807, 2.05) is 0 Å². The summed E-state index contributed by atoms with van der Waals surface area (Å²) >= 11 is 0. The zero-order valence-electron chi connectivity index (χ0n) is 9.05. The van der Waals surface area contributed by atoms with Crippen LogP contribution in [0.1, 0.15) is 40.0 Å². The smallest absolute Gasteiger partial charge is 0.135 e. The molecule has 2 nitrogen and oxygen atoms in total. The molecule has 1 aliphatic heterocycles. The first kappa shape index (κ1) is 10.7. The van der Waals surface area contributed by atoms with Crippen molar-refractivity contribution in [2.75, 3.05) is 13.1 Å². The summed E-state index contributed by atoms with van der Waals surface area (Å²) in [6.45, 7) is 8.81. The summed E-state index contributed by atoms with van der Waals surface area (Å²) in [5.74, 6) is 1.20. The Morgan fingerprint density at radius 1 is 1.62 bits per heavy atom. The first-order valence-corrected chi connectivity index (χ1v) is 5.39. The Kier molecular flexibility index (Phi) is 3.91. The lowest BCUT2D eigenvalue weighted by Crippen LogP contribution is -2.43. The van der Waals surface area contributed by atoms with Crippen LogP contribution in [0.5, 0.6) is 0 Å². The van der Waals surface area contributed by atoms with Crippen LogP contribution in [0, 0.1) is 5.92 Å². The van der Waals surface area contributed by atoms with Crippen LogP contribution in [0.4, 0.5) is 0 Å². The molecule has 2 atom stereocenters. The van der Waals surface area contributed by atoms with Crippen molar-refractivity contribution < 1.29 is 4.79 Å². The highest BCUT2D eigenvalue weighted by Gasteiger charge is 2.23. The Balaban J connectivity index is 2.37. The highest BCUT2D eigenvalue weighted by Crippen LogP contribution is 2.16. The predicted octanol–water partition coefficient (Wildman–Crippen LogP) is 2.09. The van der Waals surface area contributed by atoms with Crippen LogP contribution in [0.3, 0.4) is 0 Å². The average molecular weight is 183 g/mol. The van der Waals surface area contributed by atoms with Crippen molar-refractivity contribution in [3.63, 3.8) is 0 Å². The second-order valence-electron chi connectivity index (χ2n) is 4.35. The summed E-state index contributed by atoms with van der Waals surface area (Å²) in [5, 5.41) is 0. The van der Waals surface area contributed by atoms with E-state index in [0.29, 0.717) is 11.8 Å². The molecular weight excluding hydrogens is 162 g/mol. The molecule has 0 saturated carbocycles. The molecule has 0 N–H and O–H groups in total. The van der Waals surface area contributed by atoms with Crippen molar-refractivity contribution in [1.82, 2.24) is 4.90 Å². The molecule has 1 heterocycles. The molecule has 1 rings (SSSR count). The Morgan fingerprint density at radius 3 is 2.85 bits per heavy atom. The van der Waals surface area contributed by atoms with Crippen LogP contribution in [-0.4, -0.2) is 29.8 Å². The lowest BCUT2D eigenvalue weighted by Gasteiger charge is -2.34. The second kappa shape index (κ2) is 4.75. The van der Waals surface area contributed by atoms with Gasteiger partial charge in [0.1, 0.15) is 5.78 Å². The number of carbonyl (C=O) groups excluding carboxylic acids is 1. The Labute approximate surface area is 81.3 Å². The maximum atomic E-state index is 11.1. The predicted molar refractivity (Wildman–Crippen MR) is 54.7 cm³/mol. The standard InChI is InChI=1S/C11H21NO/c1-4-9(2)8-12-6-5-11(13)7-10(12)3/h9-10H,4-8H2,1-3H3. The van der Waals surface area contributed by atoms with Gasteiger partial charge in [-0.3, -0.25) is 9.69 Å². The molecule has 0 aliphatic carbocycles. The molecule has 13 heavy (non-hydrogen) atoms. The first-order chi connectivity index (χ1) is 6.13. The number of Topliss-reactive ketones (excluding diaryl/α,β-unsaturated/α-hetero) is 1. The van der Waals surface area contributed by atoms with Crippen LogP contribution < -0.4 is 0 Å². The summed E-state index contributed by atoms with van der Waals surface area (Å²) in [5.41, 5.74) is 0. The molecular formula is C11H21NO. The third-order valence-electron chi connectivity index (χ3n) is 3.07. The van der Waals surface area contributed by atoms with Gasteiger partial charge < -0.3 is 0 Å². The van der Waals surface area contributed by atoms with Gasteiger partial charge in [0, 0.05) is 32.0 Å². The van der Waals surface area contributed by atoms with E-state index in [9.17, 15) is 4.79 Å². The van der Waals surface area contributed by atoms with Gasteiger partial charge in [-0.15, -0.1) is 0 Å². The van der Waals surface area contributed by atoms with Crippen LogP contribution in [-0.2, 0) is 4.79 Å². The maximum absolute atomic E-state index is 11.1. The van der Waals surface area contributed by atoms with Gasteiger partial charge in [-0.2, -0.15) is 0 Å². The second-order valence-corrected chi connectivity index (χ2v) is 4.35. The van der Waals surface area contributed by atoms with E-state index in [2.05, 4.69) is 25.7 Å². The minimum absolute atomic E-state index is 0.438. The summed E-state index contributed by atoms with van der Waals surface area (Å²) in [4.78, 5) is 13.6. The van der Waals surface area contributed by atoms with Crippen molar-refractivity contribution in [1.29, 1.82) is 0 Å². The van der Waals surface area contributed by atoms with Crippen LogP contribution in [0.25, 0.3) is 0 Å². The number of nitrogens with zero attached hydrogens (tertiary/aromatic N) is 1. The monoisotopic (exact) mass is 183 g/mol. The highest BCUT2D eigenvalue weighted by molar-refractivity contribution is 5.79. The molecule has 2 heteroatoms. The summed E-state index contributed by atoms with van der Waals surface area (Å²) in [6, 6.07) is 0.468. The summed E-state index contributed by atoms with van der Waals surface area (Å²) in [6.07, 6.45) is 2.76. The molecule has 1 saturated heterocycles. The van der Waals surface area contributed by atoms with Crippen LogP contribution in [0.2, 0.25) is 0 Å². The topological polar surface area (TPSA) is 20.3 Å². The van der Waals surface area contributed by atoms with Gasteiger partial charge in [-0.25, -0.2) is 0 Å². The normalized spacial score (nSPS) is 27.6. The van der Waals surface area contributed by atoms with E-state index in [-0.39, 0.29) is 0 Å².